The summed E-state index contributed by atoms with van der Waals surface area (Å²) in [5.41, 5.74) is 7.88. The zero-order chi connectivity index (χ0) is 12.5. The van der Waals surface area contributed by atoms with E-state index in [9.17, 15) is 0 Å². The van der Waals surface area contributed by atoms with E-state index in [1.165, 1.54) is 0 Å². The number of nitrogen functional groups attached to an aromatic ring is 1. The third-order valence-electron chi connectivity index (χ3n) is 2.93. The average molecular weight is 239 g/mol. The van der Waals surface area contributed by atoms with Crippen LogP contribution < -0.4 is 10.5 Å². The third-order valence-corrected chi connectivity index (χ3v) is 2.93. The van der Waals surface area contributed by atoms with Crippen LogP contribution in [0.25, 0.3) is 16.6 Å². The van der Waals surface area contributed by atoms with Gasteiger partial charge in [0.1, 0.15) is 5.75 Å². The van der Waals surface area contributed by atoms with Crippen molar-refractivity contribution >= 4 is 16.7 Å². The van der Waals surface area contributed by atoms with Gasteiger partial charge in [0.05, 0.1) is 18.3 Å². The zero-order valence-corrected chi connectivity index (χ0v) is 10.00. The summed E-state index contributed by atoms with van der Waals surface area (Å²) in [7, 11) is 1.65. The number of para-hydroxylation sites is 1. The maximum absolute atomic E-state index is 5.91. The molecule has 0 saturated carbocycles. The standard InChI is InChI=1S/C14H13N3O/c1-18-11-8-6-10(7-9-11)17-13-5-3-2-4-12(13)14(15)16-17/h2-9H,1H3,(H2,15,16). The summed E-state index contributed by atoms with van der Waals surface area (Å²) in [5.74, 6) is 1.37. The molecule has 4 nitrogen and oxygen atoms in total. The molecule has 0 unspecified atom stereocenters. The highest BCUT2D eigenvalue weighted by Gasteiger charge is 2.08. The van der Waals surface area contributed by atoms with Gasteiger partial charge in [0.25, 0.3) is 0 Å². The number of rotatable bonds is 2. The highest BCUT2D eigenvalue weighted by Crippen LogP contribution is 2.24. The van der Waals surface area contributed by atoms with Crippen LogP contribution in [0.2, 0.25) is 0 Å². The van der Waals surface area contributed by atoms with Crippen molar-refractivity contribution in [2.45, 2.75) is 0 Å². The number of hydrogen-bond donors (Lipinski definition) is 1. The number of fused-ring (bicyclic) bond motifs is 1. The summed E-state index contributed by atoms with van der Waals surface area (Å²) < 4.78 is 6.98. The van der Waals surface area contributed by atoms with Gasteiger partial charge in [-0.2, -0.15) is 0 Å². The van der Waals surface area contributed by atoms with Crippen LogP contribution in [-0.4, -0.2) is 16.9 Å². The van der Waals surface area contributed by atoms with Crippen molar-refractivity contribution in [1.82, 2.24) is 9.78 Å². The SMILES string of the molecule is COc1ccc(-n2nc(N)c3ccccc32)cc1. The molecule has 0 spiro atoms. The van der Waals surface area contributed by atoms with Crippen LogP contribution in [0, 0.1) is 0 Å². The minimum atomic E-state index is 0.543. The number of aromatic nitrogens is 2. The molecule has 0 atom stereocenters. The molecule has 3 aromatic rings. The van der Waals surface area contributed by atoms with E-state index in [4.69, 9.17) is 10.5 Å². The summed E-state index contributed by atoms with van der Waals surface area (Å²) >= 11 is 0. The van der Waals surface area contributed by atoms with Gasteiger partial charge < -0.3 is 10.5 Å². The predicted molar refractivity (Wildman–Crippen MR) is 72.0 cm³/mol. The molecular weight excluding hydrogens is 226 g/mol. The first-order valence-electron chi connectivity index (χ1n) is 5.67. The first kappa shape index (κ1) is 10.7. The van der Waals surface area contributed by atoms with E-state index in [2.05, 4.69) is 5.10 Å². The topological polar surface area (TPSA) is 53.1 Å². The minimum Gasteiger partial charge on any atom is -0.497 e. The van der Waals surface area contributed by atoms with Gasteiger partial charge in [-0.3, -0.25) is 0 Å². The largest absolute Gasteiger partial charge is 0.497 e. The van der Waals surface area contributed by atoms with E-state index < -0.39 is 0 Å². The lowest BCUT2D eigenvalue weighted by atomic mass is 10.2. The molecule has 1 heterocycles. The van der Waals surface area contributed by atoms with Gasteiger partial charge in [0.2, 0.25) is 0 Å². The first-order valence-corrected chi connectivity index (χ1v) is 5.67. The number of nitrogens with two attached hydrogens (primary N) is 1. The number of benzene rings is 2. The molecule has 2 aromatic carbocycles. The highest BCUT2D eigenvalue weighted by molar-refractivity contribution is 5.90. The van der Waals surface area contributed by atoms with Gasteiger partial charge in [-0.25, -0.2) is 4.68 Å². The Hall–Kier alpha value is -2.49. The van der Waals surface area contributed by atoms with Crippen molar-refractivity contribution < 1.29 is 4.74 Å². The van der Waals surface area contributed by atoms with Crippen molar-refractivity contribution in [3.05, 3.63) is 48.5 Å². The number of methoxy groups -OCH3 is 1. The van der Waals surface area contributed by atoms with E-state index >= 15 is 0 Å². The van der Waals surface area contributed by atoms with E-state index in [0.717, 1.165) is 22.3 Å². The van der Waals surface area contributed by atoms with Crippen molar-refractivity contribution in [3.63, 3.8) is 0 Å². The Bertz CT molecular complexity index is 686. The second-order valence-corrected chi connectivity index (χ2v) is 4.01. The van der Waals surface area contributed by atoms with E-state index in [1.807, 2.05) is 53.2 Å². The van der Waals surface area contributed by atoms with Gasteiger partial charge in [-0.15, -0.1) is 5.10 Å². The molecule has 0 aliphatic carbocycles. The van der Waals surface area contributed by atoms with E-state index in [1.54, 1.807) is 7.11 Å². The van der Waals surface area contributed by atoms with Crippen molar-refractivity contribution in [2.75, 3.05) is 12.8 Å². The van der Waals surface area contributed by atoms with Crippen LogP contribution in [0.3, 0.4) is 0 Å². The Labute approximate surface area is 105 Å². The molecule has 0 bridgehead atoms. The molecule has 90 valence electrons. The fraction of sp³-hybridized carbons (Fsp3) is 0.0714. The minimum absolute atomic E-state index is 0.543. The van der Waals surface area contributed by atoms with Gasteiger partial charge in [0, 0.05) is 5.39 Å². The number of hydrogen-bond acceptors (Lipinski definition) is 3. The second kappa shape index (κ2) is 4.07. The smallest absolute Gasteiger partial charge is 0.153 e. The maximum atomic E-state index is 5.91. The Kier molecular flexibility index (Phi) is 2.41. The zero-order valence-electron chi connectivity index (χ0n) is 10.00. The van der Waals surface area contributed by atoms with Crippen LogP contribution in [0.4, 0.5) is 5.82 Å². The van der Waals surface area contributed by atoms with Crippen LogP contribution >= 0.6 is 0 Å². The highest BCUT2D eigenvalue weighted by atomic mass is 16.5. The monoisotopic (exact) mass is 239 g/mol. The lowest BCUT2D eigenvalue weighted by Crippen LogP contribution is -1.97. The molecule has 0 saturated heterocycles. The van der Waals surface area contributed by atoms with E-state index in [-0.39, 0.29) is 0 Å². The van der Waals surface area contributed by atoms with Gasteiger partial charge in [-0.05, 0) is 36.4 Å². The van der Waals surface area contributed by atoms with Crippen molar-refractivity contribution in [1.29, 1.82) is 0 Å². The van der Waals surface area contributed by atoms with Gasteiger partial charge >= 0.3 is 0 Å². The van der Waals surface area contributed by atoms with E-state index in [0.29, 0.717) is 5.82 Å². The average Bonchev–Trinajstić information content (AvgIpc) is 2.77. The summed E-state index contributed by atoms with van der Waals surface area (Å²) in [5, 5.41) is 5.34. The molecule has 4 heteroatoms. The molecule has 0 radical (unpaired) electrons. The second-order valence-electron chi connectivity index (χ2n) is 4.01. The van der Waals surface area contributed by atoms with Crippen LogP contribution in [0.15, 0.2) is 48.5 Å². The molecule has 3 rings (SSSR count). The molecule has 1 aromatic heterocycles. The van der Waals surface area contributed by atoms with Gasteiger partial charge in [-0.1, -0.05) is 12.1 Å². The quantitative estimate of drug-likeness (QED) is 0.748. The van der Waals surface area contributed by atoms with Crippen molar-refractivity contribution in [2.24, 2.45) is 0 Å². The van der Waals surface area contributed by atoms with Gasteiger partial charge in [0.15, 0.2) is 5.82 Å². The fourth-order valence-electron chi connectivity index (χ4n) is 2.01. The molecule has 0 aliphatic rings. The number of nitrogens with zero attached hydrogens (tertiary/aromatic N) is 2. The maximum Gasteiger partial charge on any atom is 0.153 e. The Morgan fingerprint density at radius 3 is 2.50 bits per heavy atom. The van der Waals surface area contributed by atoms with Crippen LogP contribution in [0.5, 0.6) is 5.75 Å². The van der Waals surface area contributed by atoms with Crippen molar-refractivity contribution in [3.8, 4) is 11.4 Å². The normalized spacial score (nSPS) is 10.7. The first-order chi connectivity index (χ1) is 8.79. The van der Waals surface area contributed by atoms with Crippen LogP contribution in [0.1, 0.15) is 0 Å². The Balaban J connectivity index is 2.18. The molecule has 18 heavy (non-hydrogen) atoms. The third kappa shape index (κ3) is 1.59. The lowest BCUT2D eigenvalue weighted by Gasteiger charge is -2.04. The number of anilines is 1. The summed E-state index contributed by atoms with van der Waals surface area (Å²) in [6.07, 6.45) is 0. The lowest BCUT2D eigenvalue weighted by molar-refractivity contribution is 0.414. The Morgan fingerprint density at radius 2 is 1.78 bits per heavy atom. The summed E-state index contributed by atoms with van der Waals surface area (Å²) in [6.45, 7) is 0. The fourth-order valence-corrected chi connectivity index (χ4v) is 2.01. The molecular formula is C14H13N3O. The molecule has 2 N–H and O–H groups in total. The molecule has 0 fully saturated rings. The molecule has 0 aliphatic heterocycles. The summed E-state index contributed by atoms with van der Waals surface area (Å²) in [4.78, 5) is 0. The molecule has 0 amide bonds. The summed E-state index contributed by atoms with van der Waals surface area (Å²) in [6, 6.07) is 15.6. The van der Waals surface area contributed by atoms with Crippen LogP contribution in [-0.2, 0) is 0 Å². The Morgan fingerprint density at radius 1 is 1.06 bits per heavy atom. The predicted octanol–water partition coefficient (Wildman–Crippen LogP) is 2.62. The number of ether oxygens (including phenoxy) is 1.